The van der Waals surface area contributed by atoms with Crippen LogP contribution in [0.4, 0.5) is 5.69 Å². The molecule has 8 heteroatoms. The Balaban J connectivity index is 2.05. The minimum atomic E-state index is -3.61. The molecule has 7 nitrogen and oxygen atoms in total. The predicted molar refractivity (Wildman–Crippen MR) is 109 cm³/mol. The third-order valence-corrected chi connectivity index (χ3v) is 6.99. The number of carbonyl (C=O) groups is 2. The summed E-state index contributed by atoms with van der Waals surface area (Å²) in [6.07, 6.45) is 5.03. The van der Waals surface area contributed by atoms with Crippen molar-refractivity contribution < 1.29 is 18.0 Å². The van der Waals surface area contributed by atoms with Crippen molar-refractivity contribution in [3.05, 3.63) is 29.3 Å². The van der Waals surface area contributed by atoms with Crippen LogP contribution >= 0.6 is 0 Å². The molecule has 2 amide bonds. The maximum Gasteiger partial charge on any atom is 0.247 e. The highest BCUT2D eigenvalue weighted by molar-refractivity contribution is 7.88. The van der Waals surface area contributed by atoms with Crippen LogP contribution in [-0.2, 0) is 19.6 Å². The number of nitrogens with zero attached hydrogens (tertiary/aromatic N) is 2. The highest BCUT2D eigenvalue weighted by Gasteiger charge is 2.51. The van der Waals surface area contributed by atoms with Crippen LogP contribution in [0.1, 0.15) is 43.7 Å². The number of aryl methyl sites for hydroxylation is 2. The van der Waals surface area contributed by atoms with Gasteiger partial charge in [-0.3, -0.25) is 14.5 Å². The van der Waals surface area contributed by atoms with Gasteiger partial charge in [-0.15, -0.1) is 0 Å². The zero-order chi connectivity index (χ0) is 20.7. The minimum Gasteiger partial charge on any atom is -0.351 e. The molecule has 0 bridgehead atoms. The lowest BCUT2D eigenvalue weighted by atomic mass is 9.92. The summed E-state index contributed by atoms with van der Waals surface area (Å²) in [5, 5.41) is 3.06. The van der Waals surface area contributed by atoms with Crippen LogP contribution < -0.4 is 10.2 Å². The van der Waals surface area contributed by atoms with Gasteiger partial charge < -0.3 is 5.32 Å². The molecule has 154 valence electrons. The second-order valence-corrected chi connectivity index (χ2v) is 10.3. The zero-order valence-electron chi connectivity index (χ0n) is 17.0. The van der Waals surface area contributed by atoms with Crippen LogP contribution in [-0.4, -0.2) is 55.5 Å². The van der Waals surface area contributed by atoms with E-state index in [1.807, 2.05) is 32.0 Å². The monoisotopic (exact) mass is 407 g/mol. The third-order valence-electron chi connectivity index (χ3n) is 5.79. The summed E-state index contributed by atoms with van der Waals surface area (Å²) < 4.78 is 25.5. The lowest BCUT2D eigenvalue weighted by Crippen LogP contribution is -2.70. The van der Waals surface area contributed by atoms with E-state index in [1.54, 1.807) is 6.92 Å². The van der Waals surface area contributed by atoms with Crippen LogP contribution in [0, 0.1) is 13.8 Å². The third kappa shape index (κ3) is 3.93. The van der Waals surface area contributed by atoms with E-state index in [0.29, 0.717) is 5.69 Å². The number of amides is 2. The maximum absolute atomic E-state index is 13.3. The van der Waals surface area contributed by atoms with E-state index >= 15 is 0 Å². The quantitative estimate of drug-likeness (QED) is 0.824. The van der Waals surface area contributed by atoms with Gasteiger partial charge in [-0.1, -0.05) is 25.0 Å². The summed E-state index contributed by atoms with van der Waals surface area (Å²) in [7, 11) is -3.61. The van der Waals surface area contributed by atoms with Crippen LogP contribution in [0.2, 0.25) is 0 Å². The first-order chi connectivity index (χ1) is 13.0. The number of piperazine rings is 1. The van der Waals surface area contributed by atoms with E-state index in [2.05, 4.69) is 5.32 Å². The first-order valence-electron chi connectivity index (χ1n) is 9.69. The maximum atomic E-state index is 13.3. The lowest BCUT2D eigenvalue weighted by Gasteiger charge is -2.47. The summed E-state index contributed by atoms with van der Waals surface area (Å²) in [4.78, 5) is 28.0. The number of carbonyl (C=O) groups excluding carboxylic acids is 2. The van der Waals surface area contributed by atoms with Gasteiger partial charge in [-0.25, -0.2) is 8.42 Å². The van der Waals surface area contributed by atoms with Gasteiger partial charge in [0.1, 0.15) is 5.54 Å². The van der Waals surface area contributed by atoms with E-state index in [-0.39, 0.29) is 25.0 Å². The van der Waals surface area contributed by atoms with E-state index in [0.717, 1.165) is 47.4 Å². The normalized spacial score (nSPS) is 24.6. The molecule has 1 atom stereocenters. The first kappa shape index (κ1) is 20.8. The van der Waals surface area contributed by atoms with Gasteiger partial charge in [0, 0.05) is 18.3 Å². The number of rotatable bonds is 4. The molecule has 0 spiro atoms. The van der Waals surface area contributed by atoms with Gasteiger partial charge in [0.2, 0.25) is 21.8 Å². The Bertz CT molecular complexity index is 893. The fourth-order valence-electron chi connectivity index (χ4n) is 4.15. The Morgan fingerprint density at radius 3 is 2.46 bits per heavy atom. The number of nitrogens with one attached hydrogen (secondary N) is 1. The van der Waals surface area contributed by atoms with Crippen LogP contribution in [0.5, 0.6) is 0 Å². The average Bonchev–Trinajstić information content (AvgIpc) is 3.09. The van der Waals surface area contributed by atoms with Crippen LogP contribution in [0.3, 0.4) is 0 Å². The predicted octanol–water partition coefficient (Wildman–Crippen LogP) is 1.73. The van der Waals surface area contributed by atoms with Crippen molar-refractivity contribution in [1.82, 2.24) is 9.62 Å². The first-order valence-corrected chi connectivity index (χ1v) is 11.5. The van der Waals surface area contributed by atoms with E-state index in [9.17, 15) is 18.0 Å². The summed E-state index contributed by atoms with van der Waals surface area (Å²) in [5.74, 6) is -0.698. The molecule has 1 aliphatic heterocycles. The molecule has 1 aliphatic carbocycles. The molecule has 1 N–H and O–H groups in total. The number of hydrogen-bond acceptors (Lipinski definition) is 4. The SMILES string of the molecule is Cc1ccc(C)c(N2C(=O)CN(S(C)(=O)=O)CC2(C)C(=O)NC2CCCC2)c1. The average molecular weight is 408 g/mol. The van der Waals surface area contributed by atoms with E-state index in [4.69, 9.17) is 0 Å². The Hall–Kier alpha value is -1.93. The van der Waals surface area contributed by atoms with E-state index < -0.39 is 21.5 Å². The second kappa shape index (κ2) is 7.48. The molecule has 28 heavy (non-hydrogen) atoms. The molecule has 3 rings (SSSR count). The minimum absolute atomic E-state index is 0.0660. The van der Waals surface area contributed by atoms with Crippen molar-refractivity contribution in [2.75, 3.05) is 24.2 Å². The molecular weight excluding hydrogens is 378 g/mol. The van der Waals surface area contributed by atoms with E-state index in [1.165, 1.54) is 4.90 Å². The molecule has 2 fully saturated rings. The second-order valence-electron chi connectivity index (χ2n) is 8.28. The Morgan fingerprint density at radius 1 is 1.21 bits per heavy atom. The van der Waals surface area contributed by atoms with Crippen molar-refractivity contribution in [2.45, 2.75) is 58.0 Å². The molecule has 1 unspecified atom stereocenters. The fourth-order valence-corrected chi connectivity index (χ4v) is 4.98. The topological polar surface area (TPSA) is 86.8 Å². The molecule has 1 saturated heterocycles. The lowest BCUT2D eigenvalue weighted by molar-refractivity contribution is -0.133. The fraction of sp³-hybridized carbons (Fsp3) is 0.600. The summed E-state index contributed by atoms with van der Waals surface area (Å²) in [6, 6.07) is 5.82. The van der Waals surface area contributed by atoms with Crippen molar-refractivity contribution in [3.8, 4) is 0 Å². The van der Waals surface area contributed by atoms with Crippen LogP contribution in [0.25, 0.3) is 0 Å². The summed E-state index contributed by atoms with van der Waals surface area (Å²) in [6.45, 7) is 5.15. The van der Waals surface area contributed by atoms with Crippen LogP contribution in [0.15, 0.2) is 18.2 Å². The Labute approximate surface area is 167 Å². The highest BCUT2D eigenvalue weighted by Crippen LogP contribution is 2.34. The molecule has 0 aromatic heterocycles. The van der Waals surface area contributed by atoms with Gasteiger partial charge in [0.05, 0.1) is 12.8 Å². The van der Waals surface area contributed by atoms with Crippen molar-refractivity contribution in [2.24, 2.45) is 0 Å². The molecule has 1 saturated carbocycles. The number of sulfonamides is 1. The van der Waals surface area contributed by atoms with Gasteiger partial charge in [-0.2, -0.15) is 4.31 Å². The molecule has 2 aliphatic rings. The highest BCUT2D eigenvalue weighted by atomic mass is 32.2. The van der Waals surface area contributed by atoms with Crippen molar-refractivity contribution >= 4 is 27.5 Å². The smallest absolute Gasteiger partial charge is 0.247 e. The Morgan fingerprint density at radius 2 is 1.86 bits per heavy atom. The molecule has 1 aromatic carbocycles. The number of hydrogen-bond donors (Lipinski definition) is 1. The zero-order valence-corrected chi connectivity index (χ0v) is 17.8. The molecule has 1 heterocycles. The number of anilines is 1. The van der Waals surface area contributed by atoms with Gasteiger partial charge >= 0.3 is 0 Å². The number of benzene rings is 1. The van der Waals surface area contributed by atoms with Crippen molar-refractivity contribution in [3.63, 3.8) is 0 Å². The molecule has 1 aromatic rings. The molecule has 0 radical (unpaired) electrons. The Kier molecular flexibility index (Phi) is 5.55. The summed E-state index contributed by atoms with van der Waals surface area (Å²) in [5.41, 5.74) is 1.17. The van der Waals surface area contributed by atoms with Crippen molar-refractivity contribution in [1.29, 1.82) is 0 Å². The largest absolute Gasteiger partial charge is 0.351 e. The van der Waals surface area contributed by atoms with Gasteiger partial charge in [-0.05, 0) is 50.8 Å². The summed E-state index contributed by atoms with van der Waals surface area (Å²) >= 11 is 0. The standard InChI is InChI=1S/C20H29N3O4S/c1-14-9-10-15(2)17(11-14)23-18(24)12-22(28(4,26)27)13-20(23,3)19(25)21-16-7-5-6-8-16/h9-11,16H,5-8,12-13H2,1-4H3,(H,21,25). The van der Waals surface area contributed by atoms with Gasteiger partial charge in [0.15, 0.2) is 0 Å². The van der Waals surface area contributed by atoms with Gasteiger partial charge in [0.25, 0.3) is 0 Å². The molecular formula is C20H29N3O4S.